The van der Waals surface area contributed by atoms with E-state index in [1.165, 1.54) is 253 Å². The van der Waals surface area contributed by atoms with Crippen molar-refractivity contribution in [3.05, 3.63) is 24.3 Å². The molecule has 12 saturated carbocycles. The Labute approximate surface area is 448 Å². The van der Waals surface area contributed by atoms with Crippen LogP contribution in [0.3, 0.4) is 0 Å². The van der Waals surface area contributed by atoms with Crippen LogP contribution in [0.4, 0.5) is 0 Å². The first-order valence-electron chi connectivity index (χ1n) is 34.3. The topological polar surface area (TPSA) is 18.5 Å². The molecule has 0 bridgehead atoms. The molecule has 2 heterocycles. The summed E-state index contributed by atoms with van der Waals surface area (Å²) in [5.74, 6) is 15.5. The van der Waals surface area contributed by atoms with Crippen molar-refractivity contribution < 1.29 is 9.47 Å². The third kappa shape index (κ3) is 17.7. The van der Waals surface area contributed by atoms with Gasteiger partial charge in [-0.25, -0.2) is 0 Å². The Morgan fingerprint density at radius 2 is 0.347 bits per heavy atom. The standard InChI is InChI=1S/4C9H16.2C9H14.2C8H14O/c6*1-2-5-9-7-3-6-8(9)4-1;2*1-3-7-4-2-6-9-8(7)5-1/h4*8-9H,1-7H2;2*1-2,8-9H,3-7H2;2*7-8H,1-6H2/t2*8-,9+;2*8-,9-;8-,9+;8-,9-;7-,8+;7-,8-/m..11.100/s1. The second-order valence-corrected chi connectivity index (χ2v) is 28.2. The average Bonchev–Trinajstić information content (AvgIpc) is 4.31. The number of rotatable bonds is 0. The van der Waals surface area contributed by atoms with Gasteiger partial charge in [0.15, 0.2) is 0 Å². The van der Waals surface area contributed by atoms with Gasteiger partial charge in [0.1, 0.15) is 0 Å². The molecule has 14 fully saturated rings. The molecule has 2 saturated heterocycles. The van der Waals surface area contributed by atoms with Crippen molar-refractivity contribution in [2.24, 2.45) is 82.9 Å². The largest absolute Gasteiger partial charge is 0.378 e. The highest BCUT2D eigenvalue weighted by Crippen LogP contribution is 2.46. The zero-order valence-corrected chi connectivity index (χ0v) is 47.7. The molecule has 16 rings (SSSR count). The molecule has 0 aromatic rings. The molecule has 72 heavy (non-hydrogen) atoms. The van der Waals surface area contributed by atoms with Gasteiger partial charge in [0.05, 0.1) is 12.2 Å². The normalized spacial score (nSPS) is 42.2. The summed E-state index contributed by atoms with van der Waals surface area (Å²) in [6.07, 6.45) is 82.5. The lowest BCUT2D eigenvalue weighted by molar-refractivity contribution is -0.00932. The molecule has 16 aliphatic rings. The van der Waals surface area contributed by atoms with E-state index in [4.69, 9.17) is 9.47 Å². The molecule has 16 atom stereocenters. The molecule has 0 amide bonds. The number of ether oxygens (including phenoxy) is 2. The fourth-order valence-corrected chi connectivity index (χ4v) is 19.6. The highest BCUT2D eigenvalue weighted by Gasteiger charge is 2.34. The summed E-state index contributed by atoms with van der Waals surface area (Å²) in [6, 6.07) is 0. The first-order valence-corrected chi connectivity index (χ1v) is 34.3. The van der Waals surface area contributed by atoms with Crippen LogP contribution in [-0.4, -0.2) is 25.4 Å². The van der Waals surface area contributed by atoms with Crippen molar-refractivity contribution in [3.63, 3.8) is 0 Å². The summed E-state index contributed by atoms with van der Waals surface area (Å²) in [4.78, 5) is 0. The van der Waals surface area contributed by atoms with E-state index in [-0.39, 0.29) is 0 Å². The minimum atomic E-state index is 0.666. The first-order chi connectivity index (χ1) is 35.7. The van der Waals surface area contributed by atoms with E-state index in [0.717, 1.165) is 48.7 Å². The second kappa shape index (κ2) is 31.7. The molecule has 412 valence electrons. The number of hydrogen-bond acceptors (Lipinski definition) is 2. The van der Waals surface area contributed by atoms with Gasteiger partial charge in [-0.1, -0.05) is 230 Å². The van der Waals surface area contributed by atoms with Gasteiger partial charge in [-0.15, -0.1) is 0 Å². The Morgan fingerprint density at radius 3 is 0.583 bits per heavy atom. The van der Waals surface area contributed by atoms with Crippen molar-refractivity contribution in [2.75, 3.05) is 13.2 Å². The monoisotopic (exact) mass is 993 g/mol. The maximum Gasteiger partial charge on any atom is 0.0603 e. The van der Waals surface area contributed by atoms with Gasteiger partial charge in [-0.05, 0) is 186 Å². The van der Waals surface area contributed by atoms with E-state index in [1.54, 1.807) is 103 Å². The lowest BCUT2D eigenvalue weighted by Gasteiger charge is -2.25. The summed E-state index contributed by atoms with van der Waals surface area (Å²) in [5, 5.41) is 0. The third-order valence-electron chi connectivity index (χ3n) is 23.9. The minimum Gasteiger partial charge on any atom is -0.378 e. The third-order valence-corrected chi connectivity index (χ3v) is 23.9. The molecule has 0 unspecified atom stereocenters. The van der Waals surface area contributed by atoms with E-state index in [2.05, 4.69) is 24.3 Å². The van der Waals surface area contributed by atoms with Crippen LogP contribution in [0, 0.1) is 82.9 Å². The zero-order valence-electron chi connectivity index (χ0n) is 47.7. The highest BCUT2D eigenvalue weighted by atomic mass is 16.5. The summed E-state index contributed by atoms with van der Waals surface area (Å²) in [7, 11) is 0. The fourth-order valence-electron chi connectivity index (χ4n) is 19.6. The Kier molecular flexibility index (Phi) is 24.7. The predicted molar refractivity (Wildman–Crippen MR) is 308 cm³/mol. The summed E-state index contributed by atoms with van der Waals surface area (Å²) < 4.78 is 11.2. The van der Waals surface area contributed by atoms with Gasteiger partial charge in [-0.3, -0.25) is 0 Å². The van der Waals surface area contributed by atoms with Gasteiger partial charge in [0, 0.05) is 13.2 Å². The second-order valence-electron chi connectivity index (χ2n) is 28.2. The molecule has 0 radical (unpaired) electrons. The zero-order chi connectivity index (χ0) is 48.8. The van der Waals surface area contributed by atoms with E-state index in [0.29, 0.717) is 12.2 Å². The van der Waals surface area contributed by atoms with Crippen LogP contribution < -0.4 is 0 Å². The van der Waals surface area contributed by atoms with Crippen LogP contribution in [0.15, 0.2) is 24.3 Å². The van der Waals surface area contributed by atoms with Crippen LogP contribution in [0.25, 0.3) is 0 Å². The maximum absolute atomic E-state index is 5.60. The molecule has 0 spiro atoms. The SMILES string of the molecule is C1=CC[C@@H]2CCC[C@H]2C1.C1=CC[C@H]2CCC[C@H]2C1.C1CC[C@@H]2CCC[C@H]2C1.C1CC[C@@H]2CCC[C@H]2C1.C1CC[C@H]2CCC[C@H]2C1.C1CC[C@H]2CCC[C@H]2C1.C1CO[C@@H]2CCC[C@H]2C1.C1CO[C@H]2CCC[C@H]2C1. The Bertz CT molecular complexity index is 1160. The maximum atomic E-state index is 5.60. The smallest absolute Gasteiger partial charge is 0.0603 e. The van der Waals surface area contributed by atoms with Crippen LogP contribution >= 0.6 is 0 Å². The molecular weight excluding hydrogens is 873 g/mol. The predicted octanol–water partition coefficient (Wildman–Crippen LogP) is 21.3. The van der Waals surface area contributed by atoms with Crippen molar-refractivity contribution in [1.82, 2.24) is 0 Å². The Morgan fingerprint density at radius 1 is 0.167 bits per heavy atom. The number of hydrogen-bond donors (Lipinski definition) is 0. The Balaban J connectivity index is 0.000000102. The van der Waals surface area contributed by atoms with Crippen molar-refractivity contribution in [1.29, 1.82) is 0 Å². The summed E-state index contributed by atoms with van der Waals surface area (Å²) >= 11 is 0. The molecule has 0 N–H and O–H groups in total. The molecule has 2 heteroatoms. The van der Waals surface area contributed by atoms with Crippen LogP contribution in [0.2, 0.25) is 0 Å². The van der Waals surface area contributed by atoms with E-state index < -0.39 is 0 Å². The van der Waals surface area contributed by atoms with Gasteiger partial charge >= 0.3 is 0 Å². The fraction of sp³-hybridized carbons (Fsp3) is 0.943. The van der Waals surface area contributed by atoms with E-state index in [1.807, 2.05) is 0 Å². The van der Waals surface area contributed by atoms with E-state index >= 15 is 0 Å². The highest BCUT2D eigenvalue weighted by molar-refractivity contribution is 4.98. The van der Waals surface area contributed by atoms with Crippen molar-refractivity contribution in [2.45, 2.75) is 320 Å². The first kappa shape index (κ1) is 56.1. The van der Waals surface area contributed by atoms with E-state index in [9.17, 15) is 0 Å². The number of allylic oxidation sites excluding steroid dienone is 4. The van der Waals surface area contributed by atoms with Crippen LogP contribution in [0.1, 0.15) is 308 Å². The summed E-state index contributed by atoms with van der Waals surface area (Å²) in [6.45, 7) is 2.06. The van der Waals surface area contributed by atoms with Crippen molar-refractivity contribution in [3.8, 4) is 0 Å². The van der Waals surface area contributed by atoms with Gasteiger partial charge < -0.3 is 9.47 Å². The average molecular weight is 994 g/mol. The minimum absolute atomic E-state index is 0.666. The molecule has 2 nitrogen and oxygen atoms in total. The Hall–Kier alpha value is -0.600. The van der Waals surface area contributed by atoms with Crippen LogP contribution in [-0.2, 0) is 9.47 Å². The van der Waals surface area contributed by atoms with Gasteiger partial charge in [0.2, 0.25) is 0 Å². The lowest BCUT2D eigenvalue weighted by Crippen LogP contribution is -2.23. The summed E-state index contributed by atoms with van der Waals surface area (Å²) in [5.41, 5.74) is 0. The lowest BCUT2D eigenvalue weighted by atomic mass is 9.82. The number of fused-ring (bicyclic) bond motifs is 8. The van der Waals surface area contributed by atoms with Gasteiger partial charge in [0.25, 0.3) is 0 Å². The van der Waals surface area contributed by atoms with Gasteiger partial charge in [-0.2, -0.15) is 0 Å². The van der Waals surface area contributed by atoms with Crippen LogP contribution in [0.5, 0.6) is 0 Å². The molecule has 0 aromatic carbocycles. The molecule has 0 aromatic heterocycles. The molecule has 2 aliphatic heterocycles. The quantitative estimate of drug-likeness (QED) is 0.225. The van der Waals surface area contributed by atoms with Crippen molar-refractivity contribution >= 4 is 0 Å². The molecular formula is C70H120O2. The molecule has 14 aliphatic carbocycles.